The van der Waals surface area contributed by atoms with Gasteiger partial charge >= 0.3 is 121 Å². The maximum atomic E-state index is 5.99. The first kappa shape index (κ1) is 15.3. The SMILES string of the molecule is Clc1ccc(OCC(Cl)C[Te](Cl)(Cl)Cl)cc1. The molecule has 1 rings (SSSR count). The van der Waals surface area contributed by atoms with Crippen molar-refractivity contribution >= 4 is 64.9 Å². The average molecular weight is 438 g/mol. The van der Waals surface area contributed by atoms with E-state index in [4.69, 9.17) is 54.8 Å². The second-order valence-corrected chi connectivity index (χ2v) is 21.7. The Morgan fingerprint density at radius 2 is 1.69 bits per heavy atom. The van der Waals surface area contributed by atoms with Crippen molar-refractivity contribution in [3.05, 3.63) is 29.3 Å². The van der Waals surface area contributed by atoms with E-state index in [1.165, 1.54) is 0 Å². The molecular weight excluding hydrogens is 429 g/mol. The summed E-state index contributed by atoms with van der Waals surface area (Å²) in [6.45, 7) is 0.322. The van der Waals surface area contributed by atoms with Crippen LogP contribution >= 0.6 is 50.1 Å². The normalized spacial score (nSPS) is 14.6. The van der Waals surface area contributed by atoms with Crippen LogP contribution in [0.4, 0.5) is 0 Å². The van der Waals surface area contributed by atoms with E-state index >= 15 is 0 Å². The second kappa shape index (κ2) is 7.00. The van der Waals surface area contributed by atoms with Crippen molar-refractivity contribution in [3.63, 3.8) is 0 Å². The molecule has 16 heavy (non-hydrogen) atoms. The predicted molar refractivity (Wildman–Crippen MR) is 74.7 cm³/mol. The van der Waals surface area contributed by atoms with Crippen molar-refractivity contribution in [3.8, 4) is 5.75 Å². The van der Waals surface area contributed by atoms with Gasteiger partial charge in [0.05, 0.1) is 0 Å². The van der Waals surface area contributed by atoms with Gasteiger partial charge in [-0.1, -0.05) is 0 Å². The zero-order valence-corrected chi connectivity index (χ0v) is 14.1. The van der Waals surface area contributed by atoms with Gasteiger partial charge in [0, 0.05) is 0 Å². The quantitative estimate of drug-likeness (QED) is 0.466. The van der Waals surface area contributed by atoms with Crippen LogP contribution in [0, 0.1) is 0 Å². The fourth-order valence-electron chi connectivity index (χ4n) is 0.971. The molecule has 92 valence electrons. The number of hydrogen-bond acceptors (Lipinski definition) is 1. The van der Waals surface area contributed by atoms with Crippen molar-refractivity contribution in [2.75, 3.05) is 6.61 Å². The van der Waals surface area contributed by atoms with Gasteiger partial charge in [-0.15, -0.1) is 0 Å². The van der Waals surface area contributed by atoms with Crippen LogP contribution in [-0.4, -0.2) is 26.8 Å². The number of ether oxygens (including phenoxy) is 1. The van der Waals surface area contributed by atoms with E-state index in [2.05, 4.69) is 0 Å². The van der Waals surface area contributed by atoms with Gasteiger partial charge in [-0.2, -0.15) is 0 Å². The Morgan fingerprint density at radius 3 is 2.19 bits per heavy atom. The Hall–Kier alpha value is 1.26. The molecule has 0 N–H and O–H groups in total. The summed E-state index contributed by atoms with van der Waals surface area (Å²) < 4.78 is 5.85. The van der Waals surface area contributed by atoms with Gasteiger partial charge in [0.25, 0.3) is 0 Å². The molecule has 7 heteroatoms. The van der Waals surface area contributed by atoms with Crippen molar-refractivity contribution in [1.82, 2.24) is 0 Å². The van der Waals surface area contributed by atoms with Crippen LogP contribution in [0.25, 0.3) is 0 Å². The molecule has 0 aliphatic carbocycles. The van der Waals surface area contributed by atoms with Crippen LogP contribution in [-0.2, 0) is 0 Å². The molecule has 1 unspecified atom stereocenters. The van der Waals surface area contributed by atoms with E-state index in [1.54, 1.807) is 24.3 Å². The van der Waals surface area contributed by atoms with E-state index in [0.29, 0.717) is 21.8 Å². The van der Waals surface area contributed by atoms with Gasteiger partial charge in [0.15, 0.2) is 0 Å². The zero-order chi connectivity index (χ0) is 12.2. The number of alkyl halides is 1. The van der Waals surface area contributed by atoms with Gasteiger partial charge in [-0.3, -0.25) is 0 Å². The topological polar surface area (TPSA) is 9.23 Å². The van der Waals surface area contributed by atoms with Crippen molar-refractivity contribution < 1.29 is 4.74 Å². The molecule has 0 saturated carbocycles. The summed E-state index contributed by atoms with van der Waals surface area (Å²) in [5.41, 5.74) is 0. The summed E-state index contributed by atoms with van der Waals surface area (Å²) in [5, 5.41) is 0.385. The summed E-state index contributed by atoms with van der Waals surface area (Å²) in [5.74, 6) is 0.701. The molecule has 0 radical (unpaired) electrons. The number of rotatable bonds is 5. The van der Waals surface area contributed by atoms with E-state index in [9.17, 15) is 0 Å². The minimum absolute atomic E-state index is 0.274. The van der Waals surface area contributed by atoms with E-state index < -0.39 is 14.8 Å². The molecule has 1 aromatic carbocycles. The van der Waals surface area contributed by atoms with Crippen molar-refractivity contribution in [2.45, 2.75) is 9.85 Å². The van der Waals surface area contributed by atoms with Crippen LogP contribution in [0.1, 0.15) is 0 Å². The molecule has 1 aromatic rings. The van der Waals surface area contributed by atoms with E-state index in [-0.39, 0.29) is 5.38 Å². The number of hydrogen-bond donors (Lipinski definition) is 0. The van der Waals surface area contributed by atoms with Crippen LogP contribution in [0.5, 0.6) is 5.75 Å². The maximum absolute atomic E-state index is 5.99. The fraction of sp³-hybridized carbons (Fsp3) is 0.333. The Balaban J connectivity index is 2.37. The Morgan fingerprint density at radius 1 is 1.12 bits per heavy atom. The summed E-state index contributed by atoms with van der Waals surface area (Å²) in [6, 6.07) is 7.02. The third-order valence-electron chi connectivity index (χ3n) is 1.61. The average Bonchev–Trinajstić information content (AvgIpc) is 2.14. The third kappa shape index (κ3) is 6.87. The zero-order valence-electron chi connectivity index (χ0n) is 8.01. The minimum atomic E-state index is -3.17. The van der Waals surface area contributed by atoms with Gasteiger partial charge in [-0.25, -0.2) is 0 Å². The molecular formula is C9H9Cl5OTe. The molecule has 1 atom stereocenters. The monoisotopic (exact) mass is 438 g/mol. The molecule has 0 amide bonds. The summed E-state index contributed by atoms with van der Waals surface area (Å²) >= 11 is 8.55. The van der Waals surface area contributed by atoms with Gasteiger partial charge in [-0.05, 0) is 0 Å². The number of benzene rings is 1. The summed E-state index contributed by atoms with van der Waals surface area (Å²) in [4.78, 5) is 0. The molecule has 0 spiro atoms. The van der Waals surface area contributed by atoms with Crippen molar-refractivity contribution in [1.29, 1.82) is 0 Å². The first-order valence-electron chi connectivity index (χ1n) is 4.29. The van der Waals surface area contributed by atoms with Crippen LogP contribution < -0.4 is 4.74 Å². The van der Waals surface area contributed by atoms with E-state index in [0.717, 1.165) is 0 Å². The van der Waals surface area contributed by atoms with Crippen molar-refractivity contribution in [2.24, 2.45) is 0 Å². The van der Waals surface area contributed by atoms with Crippen LogP contribution in [0.3, 0.4) is 0 Å². The van der Waals surface area contributed by atoms with Gasteiger partial charge in [0.1, 0.15) is 0 Å². The molecule has 1 nitrogen and oxygen atoms in total. The van der Waals surface area contributed by atoms with E-state index in [1.807, 2.05) is 0 Å². The molecule has 0 bridgehead atoms. The summed E-state index contributed by atoms with van der Waals surface area (Å²) in [7, 11) is 17.4. The molecule has 0 aromatic heterocycles. The fourth-order valence-corrected chi connectivity index (χ4v) is 8.23. The molecule has 0 saturated heterocycles. The second-order valence-electron chi connectivity index (χ2n) is 3.03. The van der Waals surface area contributed by atoms with Crippen LogP contribution in [0.15, 0.2) is 24.3 Å². The van der Waals surface area contributed by atoms with Gasteiger partial charge in [0.2, 0.25) is 0 Å². The molecule has 0 aliphatic rings. The van der Waals surface area contributed by atoms with Crippen LogP contribution in [0.2, 0.25) is 9.49 Å². The standard InChI is InChI=1S/C9H9Cl5OTe/c10-7-1-3-9(4-2-7)15-5-8(11)6-16(12,13)14/h1-4,8H,5-6H2. The first-order chi connectivity index (χ1) is 7.37. The summed E-state index contributed by atoms with van der Waals surface area (Å²) in [6.07, 6.45) is 0. The third-order valence-corrected chi connectivity index (χ3v) is 7.48. The van der Waals surface area contributed by atoms with Gasteiger partial charge < -0.3 is 0 Å². The predicted octanol–water partition coefficient (Wildman–Crippen LogP) is 4.98. The Labute approximate surface area is 120 Å². The molecule has 0 heterocycles. The number of halogens is 5. The molecule has 0 fully saturated rings. The Bertz CT molecular complexity index is 324. The first-order valence-corrected chi connectivity index (χ1v) is 15.6. The molecule has 0 aliphatic heterocycles. The Kier molecular flexibility index (Phi) is 6.70.